The Morgan fingerprint density at radius 1 is 1.32 bits per heavy atom. The molecule has 0 aliphatic carbocycles. The van der Waals surface area contributed by atoms with Gasteiger partial charge in [0.15, 0.2) is 0 Å². The Labute approximate surface area is 147 Å². The van der Waals surface area contributed by atoms with Crippen molar-refractivity contribution in [2.75, 3.05) is 20.2 Å². The fourth-order valence-electron chi connectivity index (χ4n) is 3.14. The molecular formula is C19H21BFNO3. The minimum absolute atomic E-state index is 0.175. The highest BCUT2D eigenvalue weighted by molar-refractivity contribution is 6.81. The molecule has 130 valence electrons. The van der Waals surface area contributed by atoms with Crippen LogP contribution in [0.2, 0.25) is 0 Å². The summed E-state index contributed by atoms with van der Waals surface area (Å²) in [6.45, 7) is 3.32. The molecule has 0 bridgehead atoms. The maximum atomic E-state index is 13.4. The largest absolute Gasteiger partial charge is 0.465 e. The first-order valence-corrected chi connectivity index (χ1v) is 8.39. The molecule has 0 unspecified atom stereocenters. The molecule has 3 rings (SSSR count). The molecule has 1 heterocycles. The van der Waals surface area contributed by atoms with Crippen LogP contribution < -0.4 is 10.9 Å². The van der Waals surface area contributed by atoms with Gasteiger partial charge in [-0.1, -0.05) is 30.3 Å². The summed E-state index contributed by atoms with van der Waals surface area (Å²) in [5, 5.41) is 0. The number of hydrogen-bond donors (Lipinski definition) is 0. The molecule has 0 amide bonds. The quantitative estimate of drug-likeness (QED) is 0.589. The summed E-state index contributed by atoms with van der Waals surface area (Å²) in [7, 11) is 1.88. The van der Waals surface area contributed by atoms with E-state index in [9.17, 15) is 9.18 Å². The molecule has 4 nitrogen and oxygen atoms in total. The lowest BCUT2D eigenvalue weighted by Gasteiger charge is -2.16. The van der Waals surface area contributed by atoms with E-state index in [1.807, 2.05) is 30.1 Å². The second kappa shape index (κ2) is 7.80. The minimum atomic E-state index is -0.239. The number of benzene rings is 2. The predicted molar refractivity (Wildman–Crippen MR) is 95.6 cm³/mol. The van der Waals surface area contributed by atoms with Gasteiger partial charge in [0.05, 0.1) is 19.8 Å². The lowest BCUT2D eigenvalue weighted by atomic mass is 9.55. The molecule has 6 heteroatoms. The standard InChI is InChI=1S/C19H21BFNO3/c1-3-24-19(23)12-22(2)11-14-5-4-6-16(9-14)20-18-8-7-17(21)10-15(18)13-25-20/h4-10H,3,11-13H2,1-2H3. The molecule has 0 spiro atoms. The number of esters is 1. The number of carbonyl (C=O) groups excluding carboxylic acids is 1. The van der Waals surface area contributed by atoms with Crippen LogP contribution in [-0.2, 0) is 27.3 Å². The SMILES string of the molecule is CCOC(=O)CN(C)Cc1cccc(B2OCc3cc(F)ccc32)c1. The molecule has 0 saturated carbocycles. The van der Waals surface area contributed by atoms with Gasteiger partial charge < -0.3 is 9.39 Å². The summed E-state index contributed by atoms with van der Waals surface area (Å²) < 4.78 is 24.2. The van der Waals surface area contributed by atoms with E-state index in [1.54, 1.807) is 13.0 Å². The summed E-state index contributed by atoms with van der Waals surface area (Å²) in [6, 6.07) is 12.9. The van der Waals surface area contributed by atoms with Crippen LogP contribution in [0.25, 0.3) is 0 Å². The maximum absolute atomic E-state index is 13.4. The van der Waals surface area contributed by atoms with E-state index in [4.69, 9.17) is 9.39 Å². The van der Waals surface area contributed by atoms with Gasteiger partial charge >= 0.3 is 12.9 Å². The van der Waals surface area contributed by atoms with E-state index >= 15 is 0 Å². The Kier molecular flexibility index (Phi) is 5.51. The second-order valence-corrected chi connectivity index (χ2v) is 6.26. The van der Waals surface area contributed by atoms with E-state index < -0.39 is 0 Å². The Balaban J connectivity index is 1.72. The smallest absolute Gasteiger partial charge is 0.362 e. The van der Waals surface area contributed by atoms with E-state index in [-0.39, 0.29) is 25.2 Å². The van der Waals surface area contributed by atoms with Gasteiger partial charge in [0.25, 0.3) is 0 Å². The molecular weight excluding hydrogens is 320 g/mol. The fraction of sp³-hybridized carbons (Fsp3) is 0.316. The fourth-order valence-corrected chi connectivity index (χ4v) is 3.14. The third-order valence-electron chi connectivity index (χ3n) is 4.20. The summed E-state index contributed by atoms with van der Waals surface area (Å²) in [6.07, 6.45) is 0. The number of likely N-dealkylation sites (N-methyl/N-ethyl adjacent to an activating group) is 1. The highest BCUT2D eigenvalue weighted by Crippen LogP contribution is 2.13. The number of fused-ring (bicyclic) bond motifs is 1. The minimum Gasteiger partial charge on any atom is -0.465 e. The van der Waals surface area contributed by atoms with Gasteiger partial charge in [-0.3, -0.25) is 9.69 Å². The van der Waals surface area contributed by atoms with Crippen LogP contribution in [0.4, 0.5) is 4.39 Å². The van der Waals surface area contributed by atoms with Crippen LogP contribution >= 0.6 is 0 Å². The Morgan fingerprint density at radius 2 is 2.16 bits per heavy atom. The zero-order chi connectivity index (χ0) is 17.8. The van der Waals surface area contributed by atoms with Crippen LogP contribution in [0.5, 0.6) is 0 Å². The summed E-state index contributed by atoms with van der Waals surface area (Å²) in [4.78, 5) is 13.5. The van der Waals surface area contributed by atoms with Crippen molar-refractivity contribution in [3.05, 3.63) is 59.4 Å². The van der Waals surface area contributed by atoms with E-state index in [0.717, 1.165) is 22.1 Å². The van der Waals surface area contributed by atoms with Gasteiger partial charge in [-0.05, 0) is 48.2 Å². The monoisotopic (exact) mass is 341 g/mol. The van der Waals surface area contributed by atoms with Crippen molar-refractivity contribution in [2.45, 2.75) is 20.1 Å². The van der Waals surface area contributed by atoms with Crippen molar-refractivity contribution < 1.29 is 18.6 Å². The van der Waals surface area contributed by atoms with Crippen molar-refractivity contribution >= 4 is 23.8 Å². The molecule has 0 N–H and O–H groups in total. The van der Waals surface area contributed by atoms with Crippen LogP contribution in [0, 0.1) is 5.82 Å². The van der Waals surface area contributed by atoms with Gasteiger partial charge in [-0.25, -0.2) is 4.39 Å². The van der Waals surface area contributed by atoms with Crippen LogP contribution in [0.1, 0.15) is 18.1 Å². The first-order valence-electron chi connectivity index (χ1n) is 8.39. The average Bonchev–Trinajstić information content (AvgIpc) is 2.98. The van der Waals surface area contributed by atoms with Crippen molar-refractivity contribution in [3.63, 3.8) is 0 Å². The average molecular weight is 341 g/mol. The number of carbonyl (C=O) groups is 1. The summed E-state index contributed by atoms with van der Waals surface area (Å²) in [5.74, 6) is -0.464. The third-order valence-corrected chi connectivity index (χ3v) is 4.20. The Morgan fingerprint density at radius 3 is 2.96 bits per heavy atom. The normalized spacial score (nSPS) is 13.2. The number of rotatable bonds is 6. The van der Waals surface area contributed by atoms with Crippen LogP contribution in [0.3, 0.4) is 0 Å². The molecule has 0 atom stereocenters. The molecule has 0 saturated heterocycles. The Hall–Kier alpha value is -2.18. The number of ether oxygens (including phenoxy) is 1. The lowest BCUT2D eigenvalue weighted by Crippen LogP contribution is -2.41. The molecule has 2 aromatic rings. The predicted octanol–water partition coefficient (Wildman–Crippen LogP) is 1.46. The molecule has 1 aliphatic heterocycles. The zero-order valence-corrected chi connectivity index (χ0v) is 14.5. The maximum Gasteiger partial charge on any atom is 0.362 e. The first kappa shape index (κ1) is 17.6. The summed E-state index contributed by atoms with van der Waals surface area (Å²) in [5.41, 5.74) is 4.03. The van der Waals surface area contributed by atoms with Gasteiger partial charge in [0.1, 0.15) is 5.82 Å². The van der Waals surface area contributed by atoms with Crippen LogP contribution in [0.15, 0.2) is 42.5 Å². The number of nitrogens with zero attached hydrogens (tertiary/aromatic N) is 1. The van der Waals surface area contributed by atoms with Gasteiger partial charge in [0, 0.05) is 6.54 Å². The van der Waals surface area contributed by atoms with Gasteiger partial charge in [-0.2, -0.15) is 0 Å². The zero-order valence-electron chi connectivity index (χ0n) is 14.5. The lowest BCUT2D eigenvalue weighted by molar-refractivity contribution is -0.144. The summed E-state index contributed by atoms with van der Waals surface area (Å²) >= 11 is 0. The van der Waals surface area contributed by atoms with Gasteiger partial charge in [-0.15, -0.1) is 0 Å². The van der Waals surface area contributed by atoms with E-state index in [0.29, 0.717) is 19.8 Å². The van der Waals surface area contributed by atoms with Gasteiger partial charge in [0.2, 0.25) is 0 Å². The van der Waals surface area contributed by atoms with Crippen LogP contribution in [-0.4, -0.2) is 38.0 Å². The third kappa shape index (κ3) is 4.27. The number of halogens is 1. The topological polar surface area (TPSA) is 38.8 Å². The first-order chi connectivity index (χ1) is 12.1. The van der Waals surface area contributed by atoms with E-state index in [1.165, 1.54) is 12.1 Å². The number of hydrogen-bond acceptors (Lipinski definition) is 4. The molecule has 25 heavy (non-hydrogen) atoms. The van der Waals surface area contributed by atoms with Crippen molar-refractivity contribution in [1.29, 1.82) is 0 Å². The van der Waals surface area contributed by atoms with Crippen molar-refractivity contribution in [3.8, 4) is 0 Å². The molecule has 1 aliphatic rings. The Bertz CT molecular complexity index is 768. The molecule has 2 aromatic carbocycles. The highest BCUT2D eigenvalue weighted by Gasteiger charge is 2.30. The molecule has 0 radical (unpaired) electrons. The molecule has 0 fully saturated rings. The highest BCUT2D eigenvalue weighted by atomic mass is 19.1. The van der Waals surface area contributed by atoms with Crippen molar-refractivity contribution in [1.82, 2.24) is 4.90 Å². The molecule has 0 aromatic heterocycles. The van der Waals surface area contributed by atoms with E-state index in [2.05, 4.69) is 6.07 Å². The second-order valence-electron chi connectivity index (χ2n) is 6.26. The van der Waals surface area contributed by atoms with Crippen molar-refractivity contribution in [2.24, 2.45) is 0 Å².